The molecule has 2 unspecified atom stereocenters. The van der Waals surface area contributed by atoms with Crippen LogP contribution in [0.15, 0.2) is 6.33 Å². The number of hydrogen-bond acceptors (Lipinski definition) is 4. The molecule has 0 aromatic carbocycles. The van der Waals surface area contributed by atoms with Crippen LogP contribution in [0.3, 0.4) is 0 Å². The Morgan fingerprint density at radius 2 is 2.00 bits per heavy atom. The van der Waals surface area contributed by atoms with E-state index in [1.54, 1.807) is 7.05 Å². The quantitative estimate of drug-likeness (QED) is 0.688. The van der Waals surface area contributed by atoms with Crippen LogP contribution in [0.5, 0.6) is 0 Å². The van der Waals surface area contributed by atoms with E-state index in [0.29, 0.717) is 5.82 Å². The van der Waals surface area contributed by atoms with E-state index in [4.69, 9.17) is 0 Å². The Balaban J connectivity index is 2.79. The molecule has 0 spiro atoms. The van der Waals surface area contributed by atoms with Crippen molar-refractivity contribution in [1.29, 1.82) is 0 Å². The molecule has 0 saturated heterocycles. The summed E-state index contributed by atoms with van der Waals surface area (Å²) in [4.78, 5) is 3.86. The van der Waals surface area contributed by atoms with Crippen LogP contribution >= 0.6 is 0 Å². The van der Waals surface area contributed by atoms with Crippen LogP contribution in [0.1, 0.15) is 25.8 Å². The molecule has 0 aliphatic carbocycles. The highest BCUT2D eigenvalue weighted by molar-refractivity contribution is 4.93. The minimum atomic E-state index is -0.965. The zero-order valence-electron chi connectivity index (χ0n) is 8.05. The first-order valence-electron chi connectivity index (χ1n) is 4.24. The lowest BCUT2D eigenvalue weighted by Gasteiger charge is -2.19. The minimum Gasteiger partial charge on any atom is -0.390 e. The summed E-state index contributed by atoms with van der Waals surface area (Å²) in [6.45, 7) is 3.68. The number of nitrogens with zero attached hydrogens (tertiary/aromatic N) is 3. The maximum atomic E-state index is 9.66. The highest BCUT2D eigenvalue weighted by atomic mass is 16.3. The molecular formula is C8H15N3O2. The van der Waals surface area contributed by atoms with Gasteiger partial charge in [0.1, 0.15) is 12.4 Å². The van der Waals surface area contributed by atoms with Gasteiger partial charge in [-0.25, -0.2) is 4.98 Å². The molecule has 1 aromatic heterocycles. The number of aryl methyl sites for hydroxylation is 1. The molecule has 5 nitrogen and oxygen atoms in total. The summed E-state index contributed by atoms with van der Waals surface area (Å²) in [5, 5.41) is 23.0. The second kappa shape index (κ2) is 3.85. The number of aliphatic hydroxyl groups is 2. The second-order valence-corrected chi connectivity index (χ2v) is 3.42. The molecule has 0 aliphatic rings. The molecule has 1 rings (SSSR count). The zero-order chi connectivity index (χ0) is 10.0. The number of aromatic nitrogens is 3. The average Bonchev–Trinajstić information content (AvgIpc) is 2.48. The molecule has 2 atom stereocenters. The zero-order valence-corrected chi connectivity index (χ0v) is 8.05. The van der Waals surface area contributed by atoms with E-state index < -0.39 is 12.2 Å². The van der Waals surface area contributed by atoms with Crippen LogP contribution in [-0.4, -0.2) is 31.1 Å². The first kappa shape index (κ1) is 10.1. The Morgan fingerprint density at radius 3 is 2.38 bits per heavy atom. The summed E-state index contributed by atoms with van der Waals surface area (Å²) in [6.07, 6.45) is -0.415. The summed E-state index contributed by atoms with van der Waals surface area (Å²) in [7, 11) is 1.68. The van der Waals surface area contributed by atoms with Gasteiger partial charge >= 0.3 is 0 Å². The molecule has 2 N–H and O–H groups in total. The van der Waals surface area contributed by atoms with Gasteiger partial charge in [0.05, 0.1) is 6.10 Å². The van der Waals surface area contributed by atoms with E-state index in [2.05, 4.69) is 10.1 Å². The molecule has 0 bridgehead atoms. The van der Waals surface area contributed by atoms with Crippen molar-refractivity contribution in [2.45, 2.75) is 26.1 Å². The first-order valence-corrected chi connectivity index (χ1v) is 4.24. The molecule has 0 fully saturated rings. The molecule has 5 heteroatoms. The van der Waals surface area contributed by atoms with E-state index in [1.165, 1.54) is 11.0 Å². The monoisotopic (exact) mass is 185 g/mol. The van der Waals surface area contributed by atoms with Crippen molar-refractivity contribution >= 4 is 0 Å². The SMILES string of the molecule is CC(C)C(O)C(O)c1ncnn1C. The van der Waals surface area contributed by atoms with Gasteiger partial charge in [0, 0.05) is 7.05 Å². The van der Waals surface area contributed by atoms with Gasteiger partial charge in [0.2, 0.25) is 0 Å². The van der Waals surface area contributed by atoms with Gasteiger partial charge in [0.25, 0.3) is 0 Å². The molecule has 0 aliphatic heterocycles. The van der Waals surface area contributed by atoms with Crippen LogP contribution in [0.25, 0.3) is 0 Å². The maximum Gasteiger partial charge on any atom is 0.158 e. The highest BCUT2D eigenvalue weighted by Gasteiger charge is 2.24. The lowest BCUT2D eigenvalue weighted by atomic mass is 10.0. The van der Waals surface area contributed by atoms with Crippen LogP contribution in [-0.2, 0) is 7.05 Å². The largest absolute Gasteiger partial charge is 0.390 e. The topological polar surface area (TPSA) is 71.2 Å². The van der Waals surface area contributed by atoms with Gasteiger partial charge in [-0.1, -0.05) is 13.8 Å². The molecule has 0 saturated carbocycles. The average molecular weight is 185 g/mol. The third-order valence-corrected chi connectivity index (χ3v) is 2.02. The molecule has 0 amide bonds. The predicted octanol–water partition coefficient (Wildman–Crippen LogP) is -0.135. The first-order chi connectivity index (χ1) is 6.04. The number of aliphatic hydroxyl groups excluding tert-OH is 2. The van der Waals surface area contributed by atoms with E-state index in [1.807, 2.05) is 13.8 Å². The highest BCUT2D eigenvalue weighted by Crippen LogP contribution is 2.18. The maximum absolute atomic E-state index is 9.66. The van der Waals surface area contributed by atoms with Gasteiger partial charge in [-0.05, 0) is 5.92 Å². The Labute approximate surface area is 77.0 Å². The molecule has 74 valence electrons. The molecule has 0 radical (unpaired) electrons. The summed E-state index contributed by atoms with van der Waals surface area (Å²) in [5.74, 6) is 0.382. The molecule has 1 heterocycles. The van der Waals surface area contributed by atoms with Crippen molar-refractivity contribution in [2.24, 2.45) is 13.0 Å². The Kier molecular flexibility index (Phi) is 3.00. The summed E-state index contributed by atoms with van der Waals surface area (Å²) in [6, 6.07) is 0. The summed E-state index contributed by atoms with van der Waals surface area (Å²) < 4.78 is 1.45. The normalized spacial score (nSPS) is 16.2. The third-order valence-electron chi connectivity index (χ3n) is 2.02. The van der Waals surface area contributed by atoms with Crippen LogP contribution < -0.4 is 0 Å². The summed E-state index contributed by atoms with van der Waals surface area (Å²) >= 11 is 0. The Hall–Kier alpha value is -0.940. The third kappa shape index (κ3) is 2.05. The molecule has 13 heavy (non-hydrogen) atoms. The molecular weight excluding hydrogens is 170 g/mol. The fraction of sp³-hybridized carbons (Fsp3) is 0.750. The summed E-state index contributed by atoms with van der Waals surface area (Å²) in [5.41, 5.74) is 0. The van der Waals surface area contributed by atoms with E-state index in [0.717, 1.165) is 0 Å². The van der Waals surface area contributed by atoms with Gasteiger partial charge in [-0.3, -0.25) is 4.68 Å². The minimum absolute atomic E-state index is 0.00769. The van der Waals surface area contributed by atoms with Crippen molar-refractivity contribution in [3.05, 3.63) is 12.2 Å². The van der Waals surface area contributed by atoms with Crippen molar-refractivity contribution in [3.8, 4) is 0 Å². The predicted molar refractivity (Wildman–Crippen MR) is 46.8 cm³/mol. The van der Waals surface area contributed by atoms with Crippen LogP contribution in [0.4, 0.5) is 0 Å². The Bertz CT molecular complexity index is 272. The van der Waals surface area contributed by atoms with E-state index >= 15 is 0 Å². The lowest BCUT2D eigenvalue weighted by Crippen LogP contribution is -2.26. The van der Waals surface area contributed by atoms with Crippen LogP contribution in [0.2, 0.25) is 0 Å². The number of hydrogen-bond donors (Lipinski definition) is 2. The van der Waals surface area contributed by atoms with Gasteiger partial charge < -0.3 is 10.2 Å². The van der Waals surface area contributed by atoms with Crippen molar-refractivity contribution in [1.82, 2.24) is 14.8 Å². The fourth-order valence-electron chi connectivity index (χ4n) is 1.09. The van der Waals surface area contributed by atoms with Crippen LogP contribution in [0, 0.1) is 5.92 Å². The lowest BCUT2D eigenvalue weighted by molar-refractivity contribution is -0.0159. The number of rotatable bonds is 3. The standard InChI is InChI=1S/C8H15N3O2/c1-5(2)6(12)7(13)8-9-4-10-11(8)3/h4-7,12-13H,1-3H3. The van der Waals surface area contributed by atoms with Gasteiger partial charge in [-0.15, -0.1) is 0 Å². The van der Waals surface area contributed by atoms with Gasteiger partial charge in [0.15, 0.2) is 5.82 Å². The smallest absolute Gasteiger partial charge is 0.158 e. The second-order valence-electron chi connectivity index (χ2n) is 3.42. The van der Waals surface area contributed by atoms with E-state index in [9.17, 15) is 10.2 Å². The fourth-order valence-corrected chi connectivity index (χ4v) is 1.09. The Morgan fingerprint density at radius 1 is 1.38 bits per heavy atom. The van der Waals surface area contributed by atoms with Gasteiger partial charge in [-0.2, -0.15) is 5.10 Å². The van der Waals surface area contributed by atoms with Crippen molar-refractivity contribution < 1.29 is 10.2 Å². The molecule has 1 aromatic rings. The van der Waals surface area contributed by atoms with Crippen molar-refractivity contribution in [2.75, 3.05) is 0 Å². The van der Waals surface area contributed by atoms with Crippen molar-refractivity contribution in [3.63, 3.8) is 0 Å². The van der Waals surface area contributed by atoms with E-state index in [-0.39, 0.29) is 5.92 Å².